The van der Waals surface area contributed by atoms with Gasteiger partial charge in [-0.1, -0.05) is 64.2 Å². The van der Waals surface area contributed by atoms with Crippen molar-refractivity contribution >= 4 is 58.2 Å². The van der Waals surface area contributed by atoms with E-state index in [1.807, 2.05) is 0 Å². The van der Waals surface area contributed by atoms with Crippen molar-refractivity contribution in [3.05, 3.63) is 56.3 Å². The molecular weight excluding hydrogens is 402 g/mol. The average Bonchev–Trinajstić information content (AvgIpc) is 3.09. The van der Waals surface area contributed by atoms with Crippen LogP contribution in [-0.2, 0) is 12.3 Å². The minimum absolute atomic E-state index is 0.231. The van der Waals surface area contributed by atoms with Crippen LogP contribution in [0.1, 0.15) is 11.5 Å². The standard InChI is InChI=1S/C13H8Cl4N4OS/c14-8-2-1-3-9(15)7(8)5-23-13-20-19-10(22-13)4-21-6-18-11(16)12(21)17/h1-3,6H,4-5H2. The van der Waals surface area contributed by atoms with E-state index in [-0.39, 0.29) is 5.15 Å². The number of hydrogen-bond donors (Lipinski definition) is 0. The second kappa shape index (κ2) is 7.32. The largest absolute Gasteiger partial charge is 0.414 e. The molecule has 0 aliphatic heterocycles. The minimum atomic E-state index is 0.231. The first-order valence-corrected chi connectivity index (χ1v) is 8.78. The van der Waals surface area contributed by atoms with Gasteiger partial charge in [-0.25, -0.2) is 4.98 Å². The van der Waals surface area contributed by atoms with Crippen molar-refractivity contribution in [3.8, 4) is 0 Å². The van der Waals surface area contributed by atoms with E-state index in [1.54, 1.807) is 22.8 Å². The normalized spacial score (nSPS) is 11.1. The Morgan fingerprint density at radius 3 is 2.48 bits per heavy atom. The highest BCUT2D eigenvalue weighted by Gasteiger charge is 2.13. The van der Waals surface area contributed by atoms with Crippen molar-refractivity contribution in [3.63, 3.8) is 0 Å². The summed E-state index contributed by atoms with van der Waals surface area (Å²) in [6.07, 6.45) is 1.51. The summed E-state index contributed by atoms with van der Waals surface area (Å²) in [7, 11) is 0. The van der Waals surface area contributed by atoms with E-state index in [1.165, 1.54) is 18.1 Å². The number of imidazole rings is 1. The smallest absolute Gasteiger partial charge is 0.276 e. The van der Waals surface area contributed by atoms with Crippen molar-refractivity contribution in [2.45, 2.75) is 17.5 Å². The number of rotatable bonds is 5. The van der Waals surface area contributed by atoms with Gasteiger partial charge in [0, 0.05) is 15.8 Å². The predicted octanol–water partition coefficient (Wildman–Crippen LogP) is 5.22. The summed E-state index contributed by atoms with van der Waals surface area (Å²) in [5.74, 6) is 0.923. The fraction of sp³-hybridized carbons (Fsp3) is 0.154. The molecule has 0 bridgehead atoms. The van der Waals surface area contributed by atoms with E-state index in [0.717, 1.165) is 5.56 Å². The molecule has 1 aromatic carbocycles. The molecule has 0 saturated carbocycles. The van der Waals surface area contributed by atoms with Gasteiger partial charge in [0.1, 0.15) is 11.7 Å². The first-order valence-electron chi connectivity index (χ1n) is 6.29. The van der Waals surface area contributed by atoms with Crippen molar-refractivity contribution in [1.29, 1.82) is 0 Å². The van der Waals surface area contributed by atoms with Crippen LogP contribution in [0.5, 0.6) is 0 Å². The van der Waals surface area contributed by atoms with E-state index in [2.05, 4.69) is 15.2 Å². The molecule has 0 fully saturated rings. The predicted molar refractivity (Wildman–Crippen MR) is 91.7 cm³/mol. The van der Waals surface area contributed by atoms with Crippen LogP contribution in [0.25, 0.3) is 0 Å². The Labute approximate surface area is 155 Å². The van der Waals surface area contributed by atoms with Gasteiger partial charge in [-0.2, -0.15) is 0 Å². The summed E-state index contributed by atoms with van der Waals surface area (Å²) < 4.78 is 7.17. The van der Waals surface area contributed by atoms with Crippen molar-refractivity contribution in [2.24, 2.45) is 0 Å². The van der Waals surface area contributed by atoms with Gasteiger partial charge in [-0.3, -0.25) is 0 Å². The van der Waals surface area contributed by atoms with E-state index in [9.17, 15) is 0 Å². The van der Waals surface area contributed by atoms with Crippen LogP contribution in [0.15, 0.2) is 34.2 Å². The van der Waals surface area contributed by atoms with Crippen molar-refractivity contribution in [2.75, 3.05) is 0 Å². The molecule has 0 saturated heterocycles. The highest BCUT2D eigenvalue weighted by molar-refractivity contribution is 7.98. The van der Waals surface area contributed by atoms with Crippen LogP contribution in [0.3, 0.4) is 0 Å². The molecule has 0 unspecified atom stereocenters. The molecule has 0 amide bonds. The quantitative estimate of drug-likeness (QED) is 0.540. The van der Waals surface area contributed by atoms with Gasteiger partial charge in [0.05, 0.1) is 6.33 Å². The molecule has 23 heavy (non-hydrogen) atoms. The lowest BCUT2D eigenvalue weighted by molar-refractivity contribution is 0.404. The van der Waals surface area contributed by atoms with Gasteiger partial charge in [0.2, 0.25) is 5.89 Å². The zero-order chi connectivity index (χ0) is 16.4. The zero-order valence-electron chi connectivity index (χ0n) is 11.3. The molecule has 0 radical (unpaired) electrons. The molecule has 0 N–H and O–H groups in total. The highest BCUT2D eigenvalue weighted by atomic mass is 35.5. The number of benzene rings is 1. The monoisotopic (exact) mass is 408 g/mol. The molecule has 0 aliphatic rings. The van der Waals surface area contributed by atoms with Crippen LogP contribution >= 0.6 is 58.2 Å². The first kappa shape index (κ1) is 16.9. The maximum absolute atomic E-state index is 6.13. The number of aromatic nitrogens is 4. The van der Waals surface area contributed by atoms with Crippen LogP contribution in [-0.4, -0.2) is 19.7 Å². The summed E-state index contributed by atoms with van der Waals surface area (Å²) in [6.45, 7) is 0.291. The molecule has 5 nitrogen and oxygen atoms in total. The maximum atomic E-state index is 6.13. The van der Waals surface area contributed by atoms with Crippen LogP contribution in [0.2, 0.25) is 20.4 Å². The topological polar surface area (TPSA) is 56.7 Å². The first-order chi connectivity index (χ1) is 11.0. The number of nitrogens with zero attached hydrogens (tertiary/aromatic N) is 4. The van der Waals surface area contributed by atoms with Gasteiger partial charge in [0.25, 0.3) is 5.22 Å². The van der Waals surface area contributed by atoms with Crippen molar-refractivity contribution in [1.82, 2.24) is 19.7 Å². The van der Waals surface area contributed by atoms with E-state index < -0.39 is 0 Å². The van der Waals surface area contributed by atoms with Crippen LogP contribution in [0, 0.1) is 0 Å². The molecule has 3 aromatic rings. The van der Waals surface area contributed by atoms with Crippen LogP contribution < -0.4 is 0 Å². The Morgan fingerprint density at radius 1 is 1.09 bits per heavy atom. The number of halogens is 4. The van der Waals surface area contributed by atoms with Gasteiger partial charge in [-0.15, -0.1) is 10.2 Å². The Hall–Kier alpha value is -0.920. The molecule has 2 heterocycles. The summed E-state index contributed by atoms with van der Waals surface area (Å²) in [4.78, 5) is 3.89. The molecule has 0 aliphatic carbocycles. The average molecular weight is 410 g/mol. The molecule has 3 rings (SSSR count). The lowest BCUT2D eigenvalue weighted by Gasteiger charge is -2.04. The molecule has 0 atom stereocenters. The molecule has 2 aromatic heterocycles. The fourth-order valence-corrected chi connectivity index (χ4v) is 3.59. The van der Waals surface area contributed by atoms with Crippen LogP contribution in [0.4, 0.5) is 0 Å². The zero-order valence-corrected chi connectivity index (χ0v) is 15.2. The number of hydrogen-bond acceptors (Lipinski definition) is 5. The molecular formula is C13H8Cl4N4OS. The van der Waals surface area contributed by atoms with Gasteiger partial charge >= 0.3 is 0 Å². The summed E-state index contributed by atoms with van der Waals surface area (Å²) in [5, 5.41) is 10.1. The molecule has 120 valence electrons. The second-order valence-electron chi connectivity index (χ2n) is 4.40. The third kappa shape index (κ3) is 3.95. The lowest BCUT2D eigenvalue weighted by atomic mass is 10.2. The van der Waals surface area contributed by atoms with Gasteiger partial charge < -0.3 is 8.98 Å². The Balaban J connectivity index is 1.67. The summed E-state index contributed by atoms with van der Waals surface area (Å²) in [5.41, 5.74) is 0.824. The fourth-order valence-electron chi connectivity index (χ4n) is 1.76. The third-order valence-corrected chi connectivity index (χ3v) is 5.21. The SMILES string of the molecule is Clc1cccc(Cl)c1CSc1nnc(Cn2cnc(Cl)c2Cl)o1. The molecule has 0 spiro atoms. The Kier molecular flexibility index (Phi) is 5.38. The van der Waals surface area contributed by atoms with Gasteiger partial charge in [-0.05, 0) is 17.7 Å². The highest BCUT2D eigenvalue weighted by Crippen LogP contribution is 2.31. The van der Waals surface area contributed by atoms with E-state index in [0.29, 0.717) is 38.6 Å². The minimum Gasteiger partial charge on any atom is -0.414 e. The third-order valence-electron chi connectivity index (χ3n) is 2.89. The maximum Gasteiger partial charge on any atom is 0.276 e. The van der Waals surface area contributed by atoms with Crippen molar-refractivity contribution < 1.29 is 4.42 Å². The van der Waals surface area contributed by atoms with E-state index in [4.69, 9.17) is 50.8 Å². The Bertz CT molecular complexity index is 815. The lowest BCUT2D eigenvalue weighted by Crippen LogP contribution is -1.98. The Morgan fingerprint density at radius 2 is 1.83 bits per heavy atom. The summed E-state index contributed by atoms with van der Waals surface area (Å²) in [6, 6.07) is 5.37. The van der Waals surface area contributed by atoms with E-state index >= 15 is 0 Å². The number of thioether (sulfide) groups is 1. The van der Waals surface area contributed by atoms with Gasteiger partial charge in [0.15, 0.2) is 5.15 Å². The summed E-state index contributed by atoms with van der Waals surface area (Å²) >= 11 is 25.4. The molecule has 10 heteroatoms. The second-order valence-corrected chi connectivity index (χ2v) is 6.86.